The van der Waals surface area contributed by atoms with Gasteiger partial charge in [0.25, 0.3) is 5.91 Å². The second-order valence-electron chi connectivity index (χ2n) is 8.24. The highest BCUT2D eigenvalue weighted by atomic mass is 32.1. The van der Waals surface area contributed by atoms with Crippen molar-refractivity contribution in [3.63, 3.8) is 0 Å². The van der Waals surface area contributed by atoms with Crippen LogP contribution in [-0.4, -0.2) is 51.3 Å². The van der Waals surface area contributed by atoms with Crippen molar-refractivity contribution in [2.75, 3.05) is 39.8 Å². The zero-order valence-corrected chi connectivity index (χ0v) is 21.7. The van der Waals surface area contributed by atoms with Gasteiger partial charge in [-0.3, -0.25) is 9.69 Å². The van der Waals surface area contributed by atoms with Gasteiger partial charge in [-0.25, -0.2) is 4.79 Å². The van der Waals surface area contributed by atoms with Crippen molar-refractivity contribution in [3.8, 4) is 17.2 Å². The van der Waals surface area contributed by atoms with Crippen LogP contribution in [0, 0.1) is 0 Å². The van der Waals surface area contributed by atoms with Gasteiger partial charge in [0.05, 0.1) is 33.5 Å². The lowest BCUT2D eigenvalue weighted by Crippen LogP contribution is -2.29. The molecule has 2 aromatic carbocycles. The van der Waals surface area contributed by atoms with Crippen molar-refractivity contribution in [2.45, 2.75) is 26.4 Å². The van der Waals surface area contributed by atoms with Crippen LogP contribution in [0.1, 0.15) is 43.6 Å². The molecule has 1 N–H and O–H groups in total. The van der Waals surface area contributed by atoms with Gasteiger partial charge in [-0.1, -0.05) is 30.3 Å². The molecule has 1 aromatic heterocycles. The Balaban J connectivity index is 1.63. The van der Waals surface area contributed by atoms with E-state index in [1.165, 1.54) is 38.2 Å². The standard InChI is InChI=1S/C27H30N2O6S/c1-5-35-27(31)23-19-11-12-29(15-17-9-7-6-8-10-17)16-22(19)36-26(23)28-25(30)18-13-20(32-2)24(34-4)21(14-18)33-3/h6-10,13-14H,5,11-12,15-16H2,1-4H3,(H,28,30). The van der Waals surface area contributed by atoms with Gasteiger partial charge in [0.2, 0.25) is 5.75 Å². The van der Waals surface area contributed by atoms with Crippen LogP contribution in [-0.2, 0) is 24.2 Å². The van der Waals surface area contributed by atoms with Crippen molar-refractivity contribution < 1.29 is 28.5 Å². The molecule has 1 amide bonds. The summed E-state index contributed by atoms with van der Waals surface area (Å²) in [6, 6.07) is 13.4. The molecular weight excluding hydrogens is 480 g/mol. The van der Waals surface area contributed by atoms with Crippen molar-refractivity contribution >= 4 is 28.2 Å². The average molecular weight is 511 g/mol. The Kier molecular flexibility index (Phi) is 8.12. The van der Waals surface area contributed by atoms with Gasteiger partial charge in [-0.2, -0.15) is 0 Å². The molecule has 0 atom stereocenters. The van der Waals surface area contributed by atoms with E-state index in [0.29, 0.717) is 46.3 Å². The SMILES string of the molecule is CCOC(=O)c1c(NC(=O)c2cc(OC)c(OC)c(OC)c2)sc2c1CCN(Cc1ccccc1)C2. The van der Waals surface area contributed by atoms with E-state index < -0.39 is 5.97 Å². The zero-order valence-electron chi connectivity index (χ0n) is 20.9. The minimum Gasteiger partial charge on any atom is -0.493 e. The number of methoxy groups -OCH3 is 3. The predicted molar refractivity (Wildman–Crippen MR) is 139 cm³/mol. The van der Waals surface area contributed by atoms with Crippen LogP contribution in [0.15, 0.2) is 42.5 Å². The first-order valence-corrected chi connectivity index (χ1v) is 12.5. The molecule has 0 radical (unpaired) electrons. The molecule has 0 bridgehead atoms. The van der Waals surface area contributed by atoms with E-state index in [-0.39, 0.29) is 12.5 Å². The fraction of sp³-hybridized carbons (Fsp3) is 0.333. The molecule has 190 valence electrons. The first-order valence-electron chi connectivity index (χ1n) is 11.7. The Morgan fingerprint density at radius 1 is 1.03 bits per heavy atom. The second kappa shape index (κ2) is 11.5. The third kappa shape index (κ3) is 5.32. The summed E-state index contributed by atoms with van der Waals surface area (Å²) in [6.45, 7) is 4.35. The number of esters is 1. The number of carbonyl (C=O) groups is 2. The summed E-state index contributed by atoms with van der Waals surface area (Å²) in [5.41, 5.74) is 2.94. The number of anilines is 1. The smallest absolute Gasteiger partial charge is 0.341 e. The van der Waals surface area contributed by atoms with Crippen LogP contribution in [0.25, 0.3) is 0 Å². The largest absolute Gasteiger partial charge is 0.493 e. The van der Waals surface area contributed by atoms with Crippen molar-refractivity contribution in [1.82, 2.24) is 4.90 Å². The van der Waals surface area contributed by atoms with Gasteiger partial charge >= 0.3 is 5.97 Å². The number of amides is 1. The maximum Gasteiger partial charge on any atom is 0.341 e. The fourth-order valence-corrected chi connectivity index (χ4v) is 5.60. The number of thiophene rings is 1. The second-order valence-corrected chi connectivity index (χ2v) is 9.35. The fourth-order valence-electron chi connectivity index (χ4n) is 4.33. The number of nitrogens with one attached hydrogen (secondary N) is 1. The summed E-state index contributed by atoms with van der Waals surface area (Å²) >= 11 is 1.42. The normalized spacial score (nSPS) is 13.0. The van der Waals surface area contributed by atoms with Crippen molar-refractivity contribution in [1.29, 1.82) is 0 Å². The molecule has 0 saturated carbocycles. The first kappa shape index (κ1) is 25.5. The zero-order chi connectivity index (χ0) is 25.7. The molecular formula is C27H30N2O6S. The number of hydrogen-bond donors (Lipinski definition) is 1. The maximum atomic E-state index is 13.3. The van der Waals surface area contributed by atoms with Crippen LogP contribution in [0.5, 0.6) is 17.2 Å². The van der Waals surface area contributed by atoms with Crippen molar-refractivity contribution in [3.05, 3.63) is 69.6 Å². The Bertz CT molecular complexity index is 1220. The summed E-state index contributed by atoms with van der Waals surface area (Å²) in [6.07, 6.45) is 0.701. The molecule has 8 nitrogen and oxygen atoms in total. The highest BCUT2D eigenvalue weighted by Crippen LogP contribution is 2.40. The van der Waals surface area contributed by atoms with Crippen LogP contribution in [0.2, 0.25) is 0 Å². The van der Waals surface area contributed by atoms with Gasteiger partial charge in [-0.15, -0.1) is 11.3 Å². The lowest BCUT2D eigenvalue weighted by Gasteiger charge is -2.27. The van der Waals surface area contributed by atoms with Gasteiger partial charge in [0.1, 0.15) is 5.00 Å². The quantitative estimate of drug-likeness (QED) is 0.415. The monoisotopic (exact) mass is 510 g/mol. The molecule has 1 aliphatic rings. The predicted octanol–water partition coefficient (Wildman–Crippen LogP) is 4.76. The van der Waals surface area contributed by atoms with E-state index in [4.69, 9.17) is 18.9 Å². The molecule has 1 aliphatic heterocycles. The number of ether oxygens (including phenoxy) is 4. The third-order valence-corrected chi connectivity index (χ3v) is 7.15. The molecule has 2 heterocycles. The molecule has 0 unspecified atom stereocenters. The summed E-state index contributed by atoms with van der Waals surface area (Å²) < 4.78 is 21.5. The number of carbonyl (C=O) groups excluding carboxylic acids is 2. The lowest BCUT2D eigenvalue weighted by atomic mass is 10.0. The number of benzene rings is 2. The Morgan fingerprint density at radius 2 is 1.72 bits per heavy atom. The summed E-state index contributed by atoms with van der Waals surface area (Å²) in [5, 5.41) is 3.42. The summed E-state index contributed by atoms with van der Waals surface area (Å²) in [7, 11) is 4.49. The van der Waals surface area contributed by atoms with E-state index in [1.54, 1.807) is 19.1 Å². The molecule has 0 saturated heterocycles. The van der Waals surface area contributed by atoms with E-state index in [0.717, 1.165) is 23.5 Å². The third-order valence-electron chi connectivity index (χ3n) is 6.02. The van der Waals surface area contributed by atoms with Gasteiger partial charge in [-0.05, 0) is 36.6 Å². The van der Waals surface area contributed by atoms with E-state index >= 15 is 0 Å². The first-order chi connectivity index (χ1) is 17.5. The Morgan fingerprint density at radius 3 is 2.33 bits per heavy atom. The van der Waals surface area contributed by atoms with Gasteiger partial charge < -0.3 is 24.3 Å². The van der Waals surface area contributed by atoms with E-state index in [1.807, 2.05) is 18.2 Å². The molecule has 9 heteroatoms. The minimum absolute atomic E-state index is 0.254. The number of nitrogens with zero attached hydrogens (tertiary/aromatic N) is 1. The Hall–Kier alpha value is -3.56. The average Bonchev–Trinajstić information content (AvgIpc) is 3.25. The molecule has 0 spiro atoms. The van der Waals surface area contributed by atoms with E-state index in [9.17, 15) is 9.59 Å². The van der Waals surface area contributed by atoms with Crippen LogP contribution in [0.4, 0.5) is 5.00 Å². The summed E-state index contributed by atoms with van der Waals surface area (Å²) in [4.78, 5) is 29.6. The highest BCUT2D eigenvalue weighted by Gasteiger charge is 2.30. The maximum absolute atomic E-state index is 13.3. The van der Waals surface area contributed by atoms with E-state index in [2.05, 4.69) is 22.3 Å². The Labute approximate surface area is 214 Å². The van der Waals surface area contributed by atoms with Crippen LogP contribution in [0.3, 0.4) is 0 Å². The van der Waals surface area contributed by atoms with Crippen LogP contribution >= 0.6 is 11.3 Å². The van der Waals surface area contributed by atoms with Gasteiger partial charge in [0.15, 0.2) is 11.5 Å². The summed E-state index contributed by atoms with van der Waals surface area (Å²) in [5.74, 6) is 0.324. The lowest BCUT2D eigenvalue weighted by molar-refractivity contribution is 0.0526. The highest BCUT2D eigenvalue weighted by molar-refractivity contribution is 7.17. The van der Waals surface area contributed by atoms with Crippen LogP contribution < -0.4 is 19.5 Å². The number of rotatable bonds is 9. The minimum atomic E-state index is -0.424. The molecule has 36 heavy (non-hydrogen) atoms. The molecule has 0 aliphatic carbocycles. The number of hydrogen-bond acceptors (Lipinski definition) is 8. The van der Waals surface area contributed by atoms with Gasteiger partial charge in [0, 0.05) is 30.1 Å². The number of fused-ring (bicyclic) bond motifs is 1. The molecule has 0 fully saturated rings. The molecule has 4 rings (SSSR count). The molecule has 3 aromatic rings. The topological polar surface area (TPSA) is 86.3 Å². The van der Waals surface area contributed by atoms with Crippen molar-refractivity contribution in [2.24, 2.45) is 0 Å².